The predicted molar refractivity (Wildman–Crippen MR) is 49.6 cm³/mol. The standard InChI is InChI=1S/C10H16O4/c1-4-14-9(13)10(8(11)12)5-7(10)6(2)3/h6-7H,4-5H2,1-3H3,(H,11,12). The first-order chi connectivity index (χ1) is 6.46. The van der Waals surface area contributed by atoms with Crippen LogP contribution < -0.4 is 0 Å². The molecule has 0 spiro atoms. The summed E-state index contributed by atoms with van der Waals surface area (Å²) in [7, 11) is 0. The number of carboxylic acid groups (broad SMARTS) is 1. The van der Waals surface area contributed by atoms with E-state index < -0.39 is 17.4 Å². The molecule has 0 aliphatic heterocycles. The van der Waals surface area contributed by atoms with Gasteiger partial charge in [-0.1, -0.05) is 13.8 Å². The molecule has 1 saturated carbocycles. The van der Waals surface area contributed by atoms with Crippen LogP contribution in [-0.2, 0) is 14.3 Å². The molecule has 1 aliphatic rings. The Morgan fingerprint density at radius 2 is 2.14 bits per heavy atom. The number of aliphatic carboxylic acids is 1. The Balaban J connectivity index is 2.78. The Morgan fingerprint density at radius 3 is 2.43 bits per heavy atom. The number of rotatable bonds is 4. The second-order valence-electron chi connectivity index (χ2n) is 4.05. The van der Waals surface area contributed by atoms with E-state index in [1.807, 2.05) is 13.8 Å². The normalized spacial score (nSPS) is 30.1. The molecule has 2 atom stereocenters. The van der Waals surface area contributed by atoms with E-state index in [9.17, 15) is 9.59 Å². The second kappa shape index (κ2) is 3.59. The minimum atomic E-state index is -1.25. The molecule has 1 aliphatic carbocycles. The summed E-state index contributed by atoms with van der Waals surface area (Å²) in [5.74, 6) is -1.49. The van der Waals surface area contributed by atoms with E-state index in [0.29, 0.717) is 6.42 Å². The molecule has 2 unspecified atom stereocenters. The minimum absolute atomic E-state index is 0.0703. The van der Waals surface area contributed by atoms with Crippen LogP contribution in [0.5, 0.6) is 0 Å². The number of carbonyl (C=O) groups excluding carboxylic acids is 1. The van der Waals surface area contributed by atoms with Crippen molar-refractivity contribution in [2.75, 3.05) is 6.61 Å². The summed E-state index contributed by atoms with van der Waals surface area (Å²) in [5.41, 5.74) is -1.25. The molecule has 80 valence electrons. The van der Waals surface area contributed by atoms with Gasteiger partial charge in [0.2, 0.25) is 0 Å². The van der Waals surface area contributed by atoms with E-state index in [-0.39, 0.29) is 18.4 Å². The van der Waals surface area contributed by atoms with Gasteiger partial charge in [-0.25, -0.2) is 0 Å². The van der Waals surface area contributed by atoms with Gasteiger partial charge in [-0.3, -0.25) is 9.59 Å². The molecule has 0 aromatic heterocycles. The molecule has 0 bridgehead atoms. The van der Waals surface area contributed by atoms with E-state index in [2.05, 4.69) is 0 Å². The molecule has 1 N–H and O–H groups in total. The van der Waals surface area contributed by atoms with Gasteiger partial charge in [0.25, 0.3) is 0 Å². The summed E-state index contributed by atoms with van der Waals surface area (Å²) >= 11 is 0. The van der Waals surface area contributed by atoms with E-state index in [0.717, 1.165) is 0 Å². The third-order valence-corrected chi connectivity index (χ3v) is 2.84. The van der Waals surface area contributed by atoms with E-state index in [1.54, 1.807) is 6.92 Å². The summed E-state index contributed by atoms with van der Waals surface area (Å²) in [5, 5.41) is 9.02. The molecule has 0 saturated heterocycles. The largest absolute Gasteiger partial charge is 0.480 e. The highest BCUT2D eigenvalue weighted by molar-refractivity contribution is 6.03. The molecule has 0 radical (unpaired) electrons. The van der Waals surface area contributed by atoms with Crippen molar-refractivity contribution < 1.29 is 19.4 Å². The van der Waals surface area contributed by atoms with Crippen molar-refractivity contribution in [2.45, 2.75) is 27.2 Å². The van der Waals surface area contributed by atoms with Crippen molar-refractivity contribution in [1.82, 2.24) is 0 Å². The molecule has 0 amide bonds. The fourth-order valence-corrected chi connectivity index (χ4v) is 1.92. The lowest BCUT2D eigenvalue weighted by Crippen LogP contribution is -2.30. The lowest BCUT2D eigenvalue weighted by Gasteiger charge is -2.12. The lowest BCUT2D eigenvalue weighted by molar-refractivity contribution is -0.162. The van der Waals surface area contributed by atoms with Crippen LogP contribution in [0.2, 0.25) is 0 Å². The molecule has 0 aromatic rings. The molecule has 4 heteroatoms. The Kier molecular flexibility index (Phi) is 2.83. The van der Waals surface area contributed by atoms with Crippen LogP contribution in [0.15, 0.2) is 0 Å². The quantitative estimate of drug-likeness (QED) is 0.548. The molecular formula is C10H16O4. The Hall–Kier alpha value is -1.06. The van der Waals surface area contributed by atoms with Gasteiger partial charge in [0.1, 0.15) is 0 Å². The molecule has 0 aromatic carbocycles. The summed E-state index contributed by atoms with van der Waals surface area (Å²) in [6, 6.07) is 0. The SMILES string of the molecule is CCOC(=O)C1(C(=O)O)CC1C(C)C. The average molecular weight is 200 g/mol. The smallest absolute Gasteiger partial charge is 0.323 e. The summed E-state index contributed by atoms with van der Waals surface area (Å²) in [6.45, 7) is 5.77. The van der Waals surface area contributed by atoms with Crippen molar-refractivity contribution in [3.8, 4) is 0 Å². The fraction of sp³-hybridized carbons (Fsp3) is 0.800. The highest BCUT2D eigenvalue weighted by Gasteiger charge is 2.68. The number of carboxylic acids is 1. The first-order valence-electron chi connectivity index (χ1n) is 4.87. The first-order valence-corrected chi connectivity index (χ1v) is 4.87. The van der Waals surface area contributed by atoms with Crippen LogP contribution in [0.25, 0.3) is 0 Å². The average Bonchev–Trinajstić information content (AvgIpc) is 2.79. The molecular weight excluding hydrogens is 184 g/mol. The third-order valence-electron chi connectivity index (χ3n) is 2.84. The van der Waals surface area contributed by atoms with E-state index >= 15 is 0 Å². The Morgan fingerprint density at radius 1 is 1.57 bits per heavy atom. The number of hydrogen-bond acceptors (Lipinski definition) is 3. The molecule has 4 nitrogen and oxygen atoms in total. The topological polar surface area (TPSA) is 63.6 Å². The molecule has 1 rings (SSSR count). The van der Waals surface area contributed by atoms with Gasteiger partial charge in [-0.2, -0.15) is 0 Å². The summed E-state index contributed by atoms with van der Waals surface area (Å²) in [6.07, 6.45) is 0.416. The van der Waals surface area contributed by atoms with Crippen LogP contribution in [-0.4, -0.2) is 23.7 Å². The van der Waals surface area contributed by atoms with Crippen LogP contribution in [0.1, 0.15) is 27.2 Å². The number of esters is 1. The van der Waals surface area contributed by atoms with Gasteiger partial charge in [-0.05, 0) is 25.2 Å². The molecule has 1 fully saturated rings. The maximum atomic E-state index is 11.5. The number of ether oxygens (including phenoxy) is 1. The maximum Gasteiger partial charge on any atom is 0.323 e. The van der Waals surface area contributed by atoms with Crippen molar-refractivity contribution in [1.29, 1.82) is 0 Å². The Labute approximate surface area is 83.2 Å². The van der Waals surface area contributed by atoms with Crippen molar-refractivity contribution in [2.24, 2.45) is 17.3 Å². The highest BCUT2D eigenvalue weighted by Crippen LogP contribution is 2.57. The zero-order chi connectivity index (χ0) is 10.9. The highest BCUT2D eigenvalue weighted by atomic mass is 16.5. The first kappa shape index (κ1) is 11.0. The summed E-state index contributed by atoms with van der Waals surface area (Å²) < 4.78 is 4.79. The van der Waals surface area contributed by atoms with Gasteiger partial charge < -0.3 is 9.84 Å². The fourth-order valence-electron chi connectivity index (χ4n) is 1.92. The molecule has 14 heavy (non-hydrogen) atoms. The van der Waals surface area contributed by atoms with E-state index in [1.165, 1.54) is 0 Å². The second-order valence-corrected chi connectivity index (χ2v) is 4.05. The van der Waals surface area contributed by atoms with Crippen LogP contribution in [0, 0.1) is 17.3 Å². The maximum absolute atomic E-state index is 11.5. The van der Waals surface area contributed by atoms with Crippen LogP contribution in [0.3, 0.4) is 0 Å². The number of carbonyl (C=O) groups is 2. The lowest BCUT2D eigenvalue weighted by atomic mass is 9.97. The van der Waals surface area contributed by atoms with Crippen molar-refractivity contribution in [3.63, 3.8) is 0 Å². The number of hydrogen-bond donors (Lipinski definition) is 1. The zero-order valence-corrected chi connectivity index (χ0v) is 8.74. The monoisotopic (exact) mass is 200 g/mol. The van der Waals surface area contributed by atoms with Gasteiger partial charge in [-0.15, -0.1) is 0 Å². The van der Waals surface area contributed by atoms with Gasteiger partial charge in [0.05, 0.1) is 6.61 Å². The van der Waals surface area contributed by atoms with Crippen LogP contribution >= 0.6 is 0 Å². The summed E-state index contributed by atoms with van der Waals surface area (Å²) in [4.78, 5) is 22.5. The predicted octanol–water partition coefficient (Wildman–Crippen LogP) is 1.30. The van der Waals surface area contributed by atoms with Gasteiger partial charge in [0.15, 0.2) is 5.41 Å². The van der Waals surface area contributed by atoms with Crippen LogP contribution in [0.4, 0.5) is 0 Å². The van der Waals surface area contributed by atoms with Crippen molar-refractivity contribution in [3.05, 3.63) is 0 Å². The van der Waals surface area contributed by atoms with Gasteiger partial charge >= 0.3 is 11.9 Å². The zero-order valence-electron chi connectivity index (χ0n) is 8.74. The minimum Gasteiger partial charge on any atom is -0.480 e. The Bertz CT molecular complexity index is 259. The molecule has 0 heterocycles. The van der Waals surface area contributed by atoms with Crippen molar-refractivity contribution >= 4 is 11.9 Å². The van der Waals surface area contributed by atoms with E-state index in [4.69, 9.17) is 9.84 Å². The third kappa shape index (κ3) is 1.49. The van der Waals surface area contributed by atoms with Gasteiger partial charge in [0, 0.05) is 0 Å².